The van der Waals surface area contributed by atoms with Crippen molar-refractivity contribution in [3.05, 3.63) is 83.2 Å². The highest BCUT2D eigenvalue weighted by Crippen LogP contribution is 2.27. The molecular formula is C25H23N3O3. The molecule has 3 aromatic rings. The van der Waals surface area contributed by atoms with Gasteiger partial charge >= 0.3 is 5.97 Å². The number of rotatable bonds is 3. The highest BCUT2D eigenvalue weighted by molar-refractivity contribution is 6.13. The molecule has 0 unspecified atom stereocenters. The van der Waals surface area contributed by atoms with Crippen LogP contribution in [0.15, 0.2) is 71.5 Å². The molecule has 0 bridgehead atoms. The zero-order valence-corrected chi connectivity index (χ0v) is 17.9. The van der Waals surface area contributed by atoms with Gasteiger partial charge in [0.25, 0.3) is 0 Å². The topological polar surface area (TPSA) is 73.6 Å². The van der Waals surface area contributed by atoms with Crippen molar-refractivity contribution in [2.75, 3.05) is 0 Å². The van der Waals surface area contributed by atoms with Crippen molar-refractivity contribution in [1.29, 1.82) is 0 Å². The zero-order chi connectivity index (χ0) is 22.2. The number of aliphatic imine (C=N–C) groups is 1. The Morgan fingerprint density at radius 1 is 1.00 bits per heavy atom. The van der Waals surface area contributed by atoms with Crippen LogP contribution < -0.4 is 0 Å². The van der Waals surface area contributed by atoms with Crippen molar-refractivity contribution in [2.24, 2.45) is 4.99 Å². The third kappa shape index (κ3) is 4.23. The van der Waals surface area contributed by atoms with Crippen LogP contribution in [0, 0.1) is 0 Å². The van der Waals surface area contributed by atoms with E-state index in [0.717, 1.165) is 11.1 Å². The number of benzene rings is 2. The van der Waals surface area contributed by atoms with Gasteiger partial charge in [0.1, 0.15) is 5.69 Å². The van der Waals surface area contributed by atoms with E-state index in [1.54, 1.807) is 12.3 Å². The molecule has 1 aromatic heterocycles. The average molecular weight is 413 g/mol. The fourth-order valence-corrected chi connectivity index (χ4v) is 3.27. The maximum Gasteiger partial charge on any atom is 0.363 e. The molecule has 1 aliphatic heterocycles. The molecule has 2 aromatic carbocycles. The van der Waals surface area contributed by atoms with Gasteiger partial charge in [0.05, 0.1) is 0 Å². The number of nitrogens with zero attached hydrogens (tertiary/aromatic N) is 3. The highest BCUT2D eigenvalue weighted by atomic mass is 16.6. The Balaban J connectivity index is 1.71. The number of hydrogen-bond donors (Lipinski definition) is 0. The fraction of sp³-hybridized carbons (Fsp3) is 0.200. The normalized spacial score (nSPS) is 15.2. The Bertz CT molecular complexity index is 1210. The summed E-state index contributed by atoms with van der Waals surface area (Å²) in [6, 6.07) is 17.3. The van der Waals surface area contributed by atoms with Crippen LogP contribution in [0.2, 0.25) is 0 Å². The third-order valence-electron chi connectivity index (χ3n) is 5.02. The monoisotopic (exact) mass is 413 g/mol. The van der Waals surface area contributed by atoms with Gasteiger partial charge in [0.2, 0.25) is 11.8 Å². The summed E-state index contributed by atoms with van der Waals surface area (Å²) in [6.45, 7) is 7.85. The molecule has 0 fully saturated rings. The number of hydrogen-bond acceptors (Lipinski definition) is 5. The molecule has 156 valence electrons. The van der Waals surface area contributed by atoms with E-state index in [1.165, 1.54) is 17.2 Å². The number of esters is 1. The highest BCUT2D eigenvalue weighted by Gasteiger charge is 2.26. The van der Waals surface area contributed by atoms with Crippen molar-refractivity contribution >= 4 is 23.9 Å². The van der Waals surface area contributed by atoms with Gasteiger partial charge in [-0.15, -0.1) is 0 Å². The summed E-state index contributed by atoms with van der Waals surface area (Å²) < 4.78 is 6.66. The number of carbonyl (C=O) groups excluding carboxylic acids is 2. The van der Waals surface area contributed by atoms with Crippen molar-refractivity contribution in [3.8, 4) is 11.3 Å². The van der Waals surface area contributed by atoms with Crippen molar-refractivity contribution in [1.82, 2.24) is 9.78 Å². The molecular weight excluding hydrogens is 390 g/mol. The molecule has 0 radical (unpaired) electrons. The quantitative estimate of drug-likeness (QED) is 0.454. The second kappa shape index (κ2) is 7.80. The first-order valence-electron chi connectivity index (χ1n) is 10.0. The van der Waals surface area contributed by atoms with E-state index in [4.69, 9.17) is 4.74 Å². The van der Waals surface area contributed by atoms with Crippen LogP contribution in [-0.4, -0.2) is 27.6 Å². The third-order valence-corrected chi connectivity index (χ3v) is 5.02. The zero-order valence-electron chi connectivity index (χ0n) is 17.9. The Morgan fingerprint density at radius 2 is 1.68 bits per heavy atom. The first-order chi connectivity index (χ1) is 14.7. The van der Waals surface area contributed by atoms with Crippen LogP contribution >= 0.6 is 0 Å². The van der Waals surface area contributed by atoms with Crippen molar-refractivity contribution in [3.63, 3.8) is 0 Å². The molecule has 4 rings (SSSR count). The Morgan fingerprint density at radius 3 is 2.29 bits per heavy atom. The van der Waals surface area contributed by atoms with Gasteiger partial charge in [-0.3, -0.25) is 4.79 Å². The Kier molecular flexibility index (Phi) is 5.15. The molecule has 0 amide bonds. The predicted octanol–water partition coefficient (Wildman–Crippen LogP) is 4.85. The SMILES string of the molecule is CC(=O)n1cc(C=C2N=C(c3ccc(C(C)(C)C)cc3)OC2=O)c(-c2ccccc2)n1. The van der Waals surface area contributed by atoms with Crippen molar-refractivity contribution < 1.29 is 14.3 Å². The van der Waals surface area contributed by atoms with E-state index in [9.17, 15) is 9.59 Å². The predicted molar refractivity (Wildman–Crippen MR) is 120 cm³/mol. The second-order valence-electron chi connectivity index (χ2n) is 8.43. The maximum atomic E-state index is 12.5. The summed E-state index contributed by atoms with van der Waals surface area (Å²) in [5.74, 6) is -0.500. The Hall–Kier alpha value is -3.80. The number of ether oxygens (including phenoxy) is 1. The molecule has 31 heavy (non-hydrogen) atoms. The van der Waals surface area contributed by atoms with E-state index in [1.807, 2.05) is 54.6 Å². The van der Waals surface area contributed by atoms with Crippen LogP contribution in [0.5, 0.6) is 0 Å². The van der Waals surface area contributed by atoms with Crippen LogP contribution in [-0.2, 0) is 14.9 Å². The van der Waals surface area contributed by atoms with Crippen LogP contribution in [0.1, 0.15) is 49.2 Å². The minimum Gasteiger partial charge on any atom is -0.402 e. The van der Waals surface area contributed by atoms with Gasteiger partial charge in [0, 0.05) is 29.8 Å². The second-order valence-corrected chi connectivity index (χ2v) is 8.43. The molecule has 2 heterocycles. The van der Waals surface area contributed by atoms with Gasteiger partial charge in [-0.05, 0) is 29.2 Å². The minimum absolute atomic E-state index is 0.0302. The fourth-order valence-electron chi connectivity index (χ4n) is 3.27. The van der Waals surface area contributed by atoms with Gasteiger partial charge in [-0.25, -0.2) is 14.5 Å². The van der Waals surface area contributed by atoms with E-state index < -0.39 is 5.97 Å². The van der Waals surface area contributed by atoms with Gasteiger partial charge < -0.3 is 4.74 Å². The summed E-state index contributed by atoms with van der Waals surface area (Å²) in [5, 5.41) is 4.38. The van der Waals surface area contributed by atoms with E-state index >= 15 is 0 Å². The lowest BCUT2D eigenvalue weighted by Crippen LogP contribution is -2.11. The summed E-state index contributed by atoms with van der Waals surface area (Å²) in [7, 11) is 0. The van der Waals surface area contributed by atoms with Gasteiger partial charge in [0.15, 0.2) is 5.70 Å². The van der Waals surface area contributed by atoms with E-state index in [-0.39, 0.29) is 22.9 Å². The van der Waals surface area contributed by atoms with Crippen LogP contribution in [0.25, 0.3) is 17.3 Å². The number of carbonyl (C=O) groups is 2. The van der Waals surface area contributed by atoms with Crippen molar-refractivity contribution in [2.45, 2.75) is 33.1 Å². The summed E-state index contributed by atoms with van der Waals surface area (Å²) in [4.78, 5) is 28.7. The van der Waals surface area contributed by atoms with Gasteiger partial charge in [-0.2, -0.15) is 5.10 Å². The molecule has 0 atom stereocenters. The molecule has 1 aliphatic rings. The number of cyclic esters (lactones) is 1. The summed E-state index contributed by atoms with van der Waals surface area (Å²) in [6.07, 6.45) is 3.20. The lowest BCUT2D eigenvalue weighted by Gasteiger charge is -2.18. The lowest BCUT2D eigenvalue weighted by molar-refractivity contribution is -0.129. The molecule has 6 nitrogen and oxygen atoms in total. The van der Waals surface area contributed by atoms with Crippen LogP contribution in [0.3, 0.4) is 0 Å². The standard InChI is InChI=1S/C25H23N3O3/c1-16(29)28-15-19(22(27-28)17-8-6-5-7-9-17)14-21-24(30)31-23(26-21)18-10-12-20(13-11-18)25(2,3)4/h5-15H,1-4H3. The largest absolute Gasteiger partial charge is 0.402 e. The maximum absolute atomic E-state index is 12.5. The van der Waals surface area contributed by atoms with Gasteiger partial charge in [-0.1, -0.05) is 63.2 Å². The van der Waals surface area contributed by atoms with Crippen LogP contribution in [0.4, 0.5) is 0 Å². The van der Waals surface area contributed by atoms with E-state index in [0.29, 0.717) is 11.3 Å². The lowest BCUT2D eigenvalue weighted by atomic mass is 9.87. The minimum atomic E-state index is -0.538. The first-order valence-corrected chi connectivity index (χ1v) is 10.0. The molecule has 0 saturated heterocycles. The van der Waals surface area contributed by atoms with E-state index in [2.05, 4.69) is 30.9 Å². The molecule has 6 heteroatoms. The molecule has 0 N–H and O–H groups in total. The summed E-state index contributed by atoms with van der Waals surface area (Å²) in [5.41, 5.74) is 4.14. The molecule has 0 saturated carbocycles. The molecule has 0 spiro atoms. The average Bonchev–Trinajstić information content (AvgIpc) is 3.32. The first kappa shape index (κ1) is 20.5. The summed E-state index contributed by atoms with van der Waals surface area (Å²) >= 11 is 0. The smallest absolute Gasteiger partial charge is 0.363 e. The molecule has 0 aliphatic carbocycles. The number of aromatic nitrogens is 2. The Labute approximate surface area is 180 Å².